The normalized spacial score (nSPS) is 10.4. The maximum Gasteiger partial charge on any atom is 0.279 e. The summed E-state index contributed by atoms with van der Waals surface area (Å²) in [6.07, 6.45) is 3.98. The van der Waals surface area contributed by atoms with Crippen molar-refractivity contribution in [3.05, 3.63) is 46.5 Å². The van der Waals surface area contributed by atoms with Crippen LogP contribution >= 0.6 is 0 Å². The average molecular weight is 258 g/mol. The van der Waals surface area contributed by atoms with Gasteiger partial charge in [0, 0.05) is 24.5 Å². The molecule has 2 heterocycles. The van der Waals surface area contributed by atoms with Crippen LogP contribution in [-0.4, -0.2) is 20.7 Å². The summed E-state index contributed by atoms with van der Waals surface area (Å²) in [7, 11) is 0. The molecule has 2 N–H and O–H groups in total. The number of carbonyl (C=O) groups is 1. The van der Waals surface area contributed by atoms with E-state index in [0.29, 0.717) is 12.2 Å². The van der Waals surface area contributed by atoms with Crippen LogP contribution in [0, 0.1) is 0 Å². The van der Waals surface area contributed by atoms with Gasteiger partial charge in [-0.05, 0) is 24.6 Å². The predicted molar refractivity (Wildman–Crippen MR) is 70.5 cm³/mol. The van der Waals surface area contributed by atoms with Crippen LogP contribution in [0.2, 0.25) is 0 Å². The number of pyridine rings is 1. The van der Waals surface area contributed by atoms with E-state index < -0.39 is 11.5 Å². The first-order valence-corrected chi connectivity index (χ1v) is 5.96. The first-order valence-electron chi connectivity index (χ1n) is 5.96. The van der Waals surface area contributed by atoms with Gasteiger partial charge in [0.25, 0.3) is 11.5 Å². The second-order valence-electron chi connectivity index (χ2n) is 4.07. The van der Waals surface area contributed by atoms with E-state index in [9.17, 15) is 9.59 Å². The van der Waals surface area contributed by atoms with E-state index in [-0.39, 0.29) is 5.56 Å². The number of carbonyl (C=O) groups excluding carboxylic acids is 1. The Hall–Kier alpha value is -2.50. The number of nitrogens with two attached hydrogens (primary N) is 1. The molecule has 0 aliphatic rings. The third kappa shape index (κ3) is 2.67. The molecule has 0 saturated heterocycles. The summed E-state index contributed by atoms with van der Waals surface area (Å²) in [5.41, 5.74) is 6.05. The molecule has 6 heteroatoms. The number of hydrogen-bond acceptors (Lipinski definition) is 4. The summed E-state index contributed by atoms with van der Waals surface area (Å²) in [5, 5.41) is 4.24. The zero-order valence-electron chi connectivity index (χ0n) is 10.5. The van der Waals surface area contributed by atoms with Crippen molar-refractivity contribution in [2.45, 2.75) is 19.9 Å². The summed E-state index contributed by atoms with van der Waals surface area (Å²) in [6.45, 7) is 2.37. The van der Waals surface area contributed by atoms with Crippen LogP contribution in [0.25, 0.3) is 11.3 Å². The molecule has 2 aromatic rings. The highest BCUT2D eigenvalue weighted by molar-refractivity contribution is 5.93. The van der Waals surface area contributed by atoms with E-state index >= 15 is 0 Å². The third-order valence-electron chi connectivity index (χ3n) is 2.65. The fourth-order valence-electron chi connectivity index (χ4n) is 1.75. The van der Waals surface area contributed by atoms with Crippen molar-refractivity contribution in [3.63, 3.8) is 0 Å². The summed E-state index contributed by atoms with van der Waals surface area (Å²) in [6, 6.07) is 4.94. The smallest absolute Gasteiger partial charge is 0.279 e. The van der Waals surface area contributed by atoms with E-state index in [1.807, 2.05) is 6.92 Å². The Labute approximate surface area is 109 Å². The van der Waals surface area contributed by atoms with E-state index in [1.54, 1.807) is 24.5 Å². The van der Waals surface area contributed by atoms with Gasteiger partial charge in [-0.3, -0.25) is 14.6 Å². The fraction of sp³-hybridized carbons (Fsp3) is 0.231. The number of rotatable bonds is 4. The second kappa shape index (κ2) is 5.43. The Morgan fingerprint density at radius 2 is 2.05 bits per heavy atom. The van der Waals surface area contributed by atoms with Crippen molar-refractivity contribution in [1.29, 1.82) is 0 Å². The molecule has 0 fully saturated rings. The lowest BCUT2D eigenvalue weighted by atomic mass is 10.1. The minimum atomic E-state index is -0.743. The monoisotopic (exact) mass is 258 g/mol. The van der Waals surface area contributed by atoms with Crippen LogP contribution in [0.4, 0.5) is 0 Å². The third-order valence-corrected chi connectivity index (χ3v) is 2.65. The Bertz CT molecular complexity index is 649. The molecule has 0 spiro atoms. The summed E-state index contributed by atoms with van der Waals surface area (Å²) in [4.78, 5) is 27.2. The molecule has 2 rings (SSSR count). The van der Waals surface area contributed by atoms with Gasteiger partial charge in [0.05, 0.1) is 5.69 Å². The number of primary amides is 1. The quantitative estimate of drug-likeness (QED) is 0.878. The average Bonchev–Trinajstić information content (AvgIpc) is 2.42. The first kappa shape index (κ1) is 12.9. The molecule has 0 bridgehead atoms. The molecule has 2 aromatic heterocycles. The Morgan fingerprint density at radius 1 is 1.37 bits per heavy atom. The lowest BCUT2D eigenvalue weighted by Crippen LogP contribution is -2.31. The molecule has 1 amide bonds. The zero-order chi connectivity index (χ0) is 13.8. The Morgan fingerprint density at radius 3 is 2.63 bits per heavy atom. The SMILES string of the molecule is CCCn1nc(-c2ccncc2)cc(C(N)=O)c1=O. The lowest BCUT2D eigenvalue weighted by Gasteiger charge is -2.08. The number of aryl methyl sites for hydroxylation is 1. The van der Waals surface area contributed by atoms with Crippen molar-refractivity contribution >= 4 is 5.91 Å². The van der Waals surface area contributed by atoms with Crippen molar-refractivity contribution in [2.75, 3.05) is 0 Å². The van der Waals surface area contributed by atoms with E-state index in [1.165, 1.54) is 10.7 Å². The predicted octanol–water partition coefficient (Wildman–Crippen LogP) is 0.814. The first-order chi connectivity index (χ1) is 9.13. The highest BCUT2D eigenvalue weighted by atomic mass is 16.2. The molecule has 0 unspecified atom stereocenters. The van der Waals surface area contributed by atoms with Crippen LogP contribution in [0.15, 0.2) is 35.4 Å². The van der Waals surface area contributed by atoms with Crippen molar-refractivity contribution in [2.24, 2.45) is 5.73 Å². The molecule has 98 valence electrons. The Kier molecular flexibility index (Phi) is 3.70. The van der Waals surface area contributed by atoms with Crippen molar-refractivity contribution in [1.82, 2.24) is 14.8 Å². The maximum atomic E-state index is 12.0. The summed E-state index contributed by atoms with van der Waals surface area (Å²) >= 11 is 0. The molecular weight excluding hydrogens is 244 g/mol. The molecule has 0 aliphatic carbocycles. The van der Waals surface area contributed by atoms with Gasteiger partial charge in [0.2, 0.25) is 0 Å². The largest absolute Gasteiger partial charge is 0.365 e. The lowest BCUT2D eigenvalue weighted by molar-refractivity contribution is 0.0998. The van der Waals surface area contributed by atoms with Crippen molar-refractivity contribution in [3.8, 4) is 11.3 Å². The van der Waals surface area contributed by atoms with Gasteiger partial charge in [-0.2, -0.15) is 5.10 Å². The van der Waals surface area contributed by atoms with Crippen LogP contribution in [0.3, 0.4) is 0 Å². The molecule has 0 aromatic carbocycles. The molecule has 0 aliphatic heterocycles. The molecule has 6 nitrogen and oxygen atoms in total. The van der Waals surface area contributed by atoms with Crippen LogP contribution in [-0.2, 0) is 6.54 Å². The van der Waals surface area contributed by atoms with Crippen LogP contribution in [0.1, 0.15) is 23.7 Å². The number of hydrogen-bond donors (Lipinski definition) is 1. The molecule has 0 atom stereocenters. The van der Waals surface area contributed by atoms with Gasteiger partial charge >= 0.3 is 0 Å². The topological polar surface area (TPSA) is 90.9 Å². The minimum Gasteiger partial charge on any atom is -0.365 e. The Balaban J connectivity index is 2.63. The van der Waals surface area contributed by atoms with Crippen LogP contribution in [0.5, 0.6) is 0 Å². The van der Waals surface area contributed by atoms with E-state index in [4.69, 9.17) is 5.73 Å². The molecular formula is C13H14N4O2. The van der Waals surface area contributed by atoms with Gasteiger partial charge in [0.15, 0.2) is 0 Å². The summed E-state index contributed by atoms with van der Waals surface area (Å²) < 4.78 is 1.27. The van der Waals surface area contributed by atoms with Gasteiger partial charge in [-0.15, -0.1) is 0 Å². The molecule has 19 heavy (non-hydrogen) atoms. The van der Waals surface area contributed by atoms with Crippen molar-refractivity contribution < 1.29 is 4.79 Å². The molecule has 0 radical (unpaired) electrons. The van der Waals surface area contributed by atoms with Gasteiger partial charge in [-0.1, -0.05) is 6.92 Å². The number of aromatic nitrogens is 3. The van der Waals surface area contributed by atoms with Gasteiger partial charge < -0.3 is 5.73 Å². The zero-order valence-corrected chi connectivity index (χ0v) is 10.5. The van der Waals surface area contributed by atoms with E-state index in [2.05, 4.69) is 10.1 Å². The minimum absolute atomic E-state index is 0.0461. The van der Waals surface area contributed by atoms with Crippen LogP contribution < -0.4 is 11.3 Å². The van der Waals surface area contributed by atoms with Gasteiger partial charge in [0.1, 0.15) is 5.56 Å². The molecule has 0 saturated carbocycles. The standard InChI is InChI=1S/C13H14N4O2/c1-2-7-17-13(19)10(12(14)18)8-11(16-17)9-3-5-15-6-4-9/h3-6,8H,2,7H2,1H3,(H2,14,18). The highest BCUT2D eigenvalue weighted by Gasteiger charge is 2.13. The number of nitrogens with zero attached hydrogens (tertiary/aromatic N) is 3. The maximum absolute atomic E-state index is 12.0. The fourth-order valence-corrected chi connectivity index (χ4v) is 1.75. The van der Waals surface area contributed by atoms with E-state index in [0.717, 1.165) is 12.0 Å². The second-order valence-corrected chi connectivity index (χ2v) is 4.07. The number of amides is 1. The highest BCUT2D eigenvalue weighted by Crippen LogP contribution is 2.14. The van der Waals surface area contributed by atoms with Gasteiger partial charge in [-0.25, -0.2) is 4.68 Å². The summed E-state index contributed by atoms with van der Waals surface area (Å²) in [5.74, 6) is -0.743.